The van der Waals surface area contributed by atoms with E-state index in [2.05, 4.69) is 0 Å². The summed E-state index contributed by atoms with van der Waals surface area (Å²) >= 11 is 0. The van der Waals surface area contributed by atoms with Crippen LogP contribution in [0.4, 0.5) is 0 Å². The van der Waals surface area contributed by atoms with Crippen molar-refractivity contribution in [2.45, 2.75) is 18.6 Å². The molecular formula is C6H12O3. The van der Waals surface area contributed by atoms with Gasteiger partial charge >= 0.3 is 0 Å². The Kier molecular flexibility index (Phi) is 2.45. The van der Waals surface area contributed by atoms with E-state index in [9.17, 15) is 0 Å². The van der Waals surface area contributed by atoms with Gasteiger partial charge in [-0.3, -0.25) is 0 Å². The lowest BCUT2D eigenvalue weighted by molar-refractivity contribution is 0.0336. The van der Waals surface area contributed by atoms with Crippen LogP contribution in [0.1, 0.15) is 6.42 Å². The zero-order valence-corrected chi connectivity index (χ0v) is 5.54. The molecule has 0 saturated carbocycles. The summed E-state index contributed by atoms with van der Waals surface area (Å²) in [5, 5.41) is 8.95. The van der Waals surface area contributed by atoms with Gasteiger partial charge in [-0.15, -0.1) is 0 Å². The summed E-state index contributed by atoms with van der Waals surface area (Å²) in [4.78, 5) is 0. The van der Waals surface area contributed by atoms with Crippen molar-refractivity contribution in [1.29, 1.82) is 0 Å². The van der Waals surface area contributed by atoms with E-state index in [1.54, 1.807) is 7.11 Å². The minimum absolute atomic E-state index is 0.116. The molecule has 0 amide bonds. The van der Waals surface area contributed by atoms with Gasteiger partial charge in [-0.05, 0) is 0 Å². The van der Waals surface area contributed by atoms with Crippen molar-refractivity contribution in [3.63, 3.8) is 0 Å². The molecule has 0 radical (unpaired) electrons. The average Bonchev–Trinajstić information content (AvgIpc) is 2.17. The van der Waals surface area contributed by atoms with Crippen LogP contribution in [0.5, 0.6) is 0 Å². The fourth-order valence-electron chi connectivity index (χ4n) is 0.989. The lowest BCUT2D eigenvalue weighted by atomic mass is 10.2. The van der Waals surface area contributed by atoms with Crippen molar-refractivity contribution < 1.29 is 14.6 Å². The summed E-state index contributed by atoms with van der Waals surface area (Å²) < 4.78 is 9.97. The second-order valence-electron chi connectivity index (χ2n) is 2.30. The highest BCUT2D eigenvalue weighted by Gasteiger charge is 2.22. The number of rotatable bonds is 2. The second-order valence-corrected chi connectivity index (χ2v) is 2.30. The molecule has 0 spiro atoms. The summed E-state index contributed by atoms with van der Waals surface area (Å²) in [7, 11) is 1.63. The van der Waals surface area contributed by atoms with Crippen molar-refractivity contribution >= 4 is 0 Å². The second kappa shape index (κ2) is 3.15. The normalized spacial score (nSPS) is 35.3. The SMILES string of the molecule is COC[C@@H]1C[C@@H](O)CO1. The Hall–Kier alpha value is -0.120. The molecular weight excluding hydrogens is 120 g/mol. The first kappa shape index (κ1) is 6.99. The maximum atomic E-state index is 8.95. The Balaban J connectivity index is 2.14. The molecule has 0 bridgehead atoms. The van der Waals surface area contributed by atoms with E-state index in [1.807, 2.05) is 0 Å². The van der Waals surface area contributed by atoms with Crippen LogP contribution in [0.15, 0.2) is 0 Å². The number of aliphatic hydroxyl groups is 1. The average molecular weight is 132 g/mol. The van der Waals surface area contributed by atoms with Crippen molar-refractivity contribution in [3.8, 4) is 0 Å². The van der Waals surface area contributed by atoms with Crippen LogP contribution in [0.3, 0.4) is 0 Å². The Bertz CT molecular complexity index is 82.4. The van der Waals surface area contributed by atoms with Gasteiger partial charge in [0.1, 0.15) is 0 Å². The van der Waals surface area contributed by atoms with E-state index in [0.717, 1.165) is 0 Å². The fourth-order valence-corrected chi connectivity index (χ4v) is 0.989. The standard InChI is InChI=1S/C6H12O3/c1-8-4-6-2-5(7)3-9-6/h5-7H,2-4H2,1H3/t5-,6+/m1/s1. The van der Waals surface area contributed by atoms with Crippen LogP contribution < -0.4 is 0 Å². The minimum Gasteiger partial charge on any atom is -0.391 e. The zero-order chi connectivity index (χ0) is 6.69. The molecule has 3 nitrogen and oxygen atoms in total. The highest BCUT2D eigenvalue weighted by Crippen LogP contribution is 2.12. The van der Waals surface area contributed by atoms with Gasteiger partial charge in [-0.2, -0.15) is 0 Å². The third-order valence-corrected chi connectivity index (χ3v) is 1.41. The topological polar surface area (TPSA) is 38.7 Å². The van der Waals surface area contributed by atoms with Gasteiger partial charge in [-0.1, -0.05) is 0 Å². The van der Waals surface area contributed by atoms with Crippen LogP contribution in [0, 0.1) is 0 Å². The minimum atomic E-state index is -0.273. The van der Waals surface area contributed by atoms with Crippen LogP contribution in [0.25, 0.3) is 0 Å². The smallest absolute Gasteiger partial charge is 0.0835 e. The molecule has 0 aromatic carbocycles. The van der Waals surface area contributed by atoms with E-state index in [1.165, 1.54) is 0 Å². The highest BCUT2D eigenvalue weighted by molar-refractivity contribution is 4.71. The molecule has 1 aliphatic heterocycles. The lowest BCUT2D eigenvalue weighted by Gasteiger charge is -2.04. The maximum absolute atomic E-state index is 8.95. The summed E-state index contributed by atoms with van der Waals surface area (Å²) in [6.07, 6.45) is 0.559. The van der Waals surface area contributed by atoms with Crippen LogP contribution in [-0.2, 0) is 9.47 Å². The molecule has 0 aromatic rings. The van der Waals surface area contributed by atoms with Gasteiger partial charge < -0.3 is 14.6 Å². The molecule has 1 aliphatic rings. The molecule has 1 heterocycles. The van der Waals surface area contributed by atoms with Gasteiger partial charge in [0, 0.05) is 13.5 Å². The number of aliphatic hydroxyl groups excluding tert-OH is 1. The Morgan fingerprint density at radius 3 is 3.00 bits per heavy atom. The van der Waals surface area contributed by atoms with Gasteiger partial charge in [0.2, 0.25) is 0 Å². The first-order chi connectivity index (χ1) is 4.33. The molecule has 3 heteroatoms. The quantitative estimate of drug-likeness (QED) is 0.564. The molecule has 1 rings (SSSR count). The Morgan fingerprint density at radius 2 is 2.56 bits per heavy atom. The molecule has 1 N–H and O–H groups in total. The number of methoxy groups -OCH3 is 1. The molecule has 0 aromatic heterocycles. The third-order valence-electron chi connectivity index (χ3n) is 1.41. The Morgan fingerprint density at radius 1 is 1.78 bits per heavy atom. The number of ether oxygens (including phenoxy) is 2. The van der Waals surface area contributed by atoms with Crippen molar-refractivity contribution in [1.82, 2.24) is 0 Å². The van der Waals surface area contributed by atoms with Gasteiger partial charge in [-0.25, -0.2) is 0 Å². The molecule has 0 aliphatic carbocycles. The predicted octanol–water partition coefficient (Wildman–Crippen LogP) is -0.217. The van der Waals surface area contributed by atoms with E-state index < -0.39 is 0 Å². The summed E-state index contributed by atoms with van der Waals surface area (Å²) in [5.41, 5.74) is 0. The van der Waals surface area contributed by atoms with E-state index >= 15 is 0 Å². The van der Waals surface area contributed by atoms with E-state index in [4.69, 9.17) is 14.6 Å². The van der Waals surface area contributed by atoms with Crippen LogP contribution in [0.2, 0.25) is 0 Å². The molecule has 1 saturated heterocycles. The molecule has 0 unspecified atom stereocenters. The van der Waals surface area contributed by atoms with Gasteiger partial charge in [0.25, 0.3) is 0 Å². The first-order valence-corrected chi connectivity index (χ1v) is 3.11. The van der Waals surface area contributed by atoms with E-state index in [-0.39, 0.29) is 12.2 Å². The monoisotopic (exact) mass is 132 g/mol. The summed E-state index contributed by atoms with van der Waals surface area (Å²) in [6, 6.07) is 0. The summed E-state index contributed by atoms with van der Waals surface area (Å²) in [5.74, 6) is 0. The first-order valence-electron chi connectivity index (χ1n) is 3.11. The Labute approximate surface area is 54.6 Å². The van der Waals surface area contributed by atoms with Crippen LogP contribution >= 0.6 is 0 Å². The predicted molar refractivity (Wildman–Crippen MR) is 32.2 cm³/mol. The van der Waals surface area contributed by atoms with Gasteiger partial charge in [0.15, 0.2) is 0 Å². The molecule has 2 atom stereocenters. The maximum Gasteiger partial charge on any atom is 0.0835 e. The highest BCUT2D eigenvalue weighted by atomic mass is 16.5. The molecule has 1 fully saturated rings. The summed E-state index contributed by atoms with van der Waals surface area (Å²) in [6.45, 7) is 1.06. The van der Waals surface area contributed by atoms with Crippen LogP contribution in [-0.4, -0.2) is 37.6 Å². The fraction of sp³-hybridized carbons (Fsp3) is 1.00. The van der Waals surface area contributed by atoms with Gasteiger partial charge in [0.05, 0.1) is 25.4 Å². The van der Waals surface area contributed by atoms with Crippen molar-refractivity contribution in [2.24, 2.45) is 0 Å². The number of hydrogen-bond acceptors (Lipinski definition) is 3. The van der Waals surface area contributed by atoms with Crippen molar-refractivity contribution in [2.75, 3.05) is 20.3 Å². The number of hydrogen-bond donors (Lipinski definition) is 1. The third kappa shape index (κ3) is 1.93. The molecule has 54 valence electrons. The van der Waals surface area contributed by atoms with E-state index in [0.29, 0.717) is 19.6 Å². The van der Waals surface area contributed by atoms with Crippen molar-refractivity contribution in [3.05, 3.63) is 0 Å². The zero-order valence-electron chi connectivity index (χ0n) is 5.54. The molecule has 9 heavy (non-hydrogen) atoms. The lowest BCUT2D eigenvalue weighted by Crippen LogP contribution is -2.12. The largest absolute Gasteiger partial charge is 0.391 e.